The molecule has 0 saturated carbocycles. The number of carbonyl (C=O) groups is 2. The Labute approximate surface area is 118 Å². The van der Waals surface area contributed by atoms with E-state index in [4.69, 9.17) is 5.11 Å². The molecular formula is C15H20N2O3. The molecule has 108 valence electrons. The van der Waals surface area contributed by atoms with Crippen molar-refractivity contribution >= 4 is 11.9 Å². The van der Waals surface area contributed by atoms with Crippen molar-refractivity contribution in [1.29, 1.82) is 0 Å². The SMILES string of the molecule is CCCC(NC(=O)C1Cc2ccccc2CN1)C(=O)O. The van der Waals surface area contributed by atoms with Crippen molar-refractivity contribution in [2.45, 2.75) is 44.8 Å². The first kappa shape index (κ1) is 14.5. The van der Waals surface area contributed by atoms with E-state index in [0.29, 0.717) is 19.4 Å². The molecule has 0 spiro atoms. The summed E-state index contributed by atoms with van der Waals surface area (Å²) < 4.78 is 0. The van der Waals surface area contributed by atoms with Gasteiger partial charge in [-0.1, -0.05) is 37.6 Å². The second-order valence-corrected chi connectivity index (χ2v) is 5.09. The van der Waals surface area contributed by atoms with Gasteiger partial charge in [-0.3, -0.25) is 4.79 Å². The third-order valence-electron chi connectivity index (χ3n) is 3.59. The zero-order valence-corrected chi connectivity index (χ0v) is 11.6. The molecular weight excluding hydrogens is 256 g/mol. The monoisotopic (exact) mass is 276 g/mol. The van der Waals surface area contributed by atoms with Crippen molar-refractivity contribution in [2.24, 2.45) is 0 Å². The molecule has 0 aliphatic carbocycles. The Kier molecular flexibility index (Phi) is 4.74. The molecule has 0 saturated heterocycles. The first-order valence-corrected chi connectivity index (χ1v) is 6.95. The Morgan fingerprint density at radius 2 is 2.10 bits per heavy atom. The van der Waals surface area contributed by atoms with Crippen molar-refractivity contribution in [3.63, 3.8) is 0 Å². The van der Waals surface area contributed by atoms with Crippen LogP contribution in [0.1, 0.15) is 30.9 Å². The minimum Gasteiger partial charge on any atom is -0.480 e. The number of carbonyl (C=O) groups excluding carboxylic acids is 1. The molecule has 5 heteroatoms. The number of aliphatic carboxylic acids is 1. The maximum Gasteiger partial charge on any atom is 0.326 e. The maximum atomic E-state index is 12.2. The fraction of sp³-hybridized carbons (Fsp3) is 0.467. The average Bonchev–Trinajstić information content (AvgIpc) is 2.46. The van der Waals surface area contributed by atoms with Gasteiger partial charge in [0.05, 0.1) is 6.04 Å². The summed E-state index contributed by atoms with van der Waals surface area (Å²) in [5.74, 6) is -1.21. The van der Waals surface area contributed by atoms with E-state index in [1.54, 1.807) is 0 Å². The van der Waals surface area contributed by atoms with Crippen molar-refractivity contribution in [3.8, 4) is 0 Å². The lowest BCUT2D eigenvalue weighted by Crippen LogP contribution is -2.52. The molecule has 0 bridgehead atoms. The van der Waals surface area contributed by atoms with Crippen LogP contribution in [0.2, 0.25) is 0 Å². The molecule has 5 nitrogen and oxygen atoms in total. The number of rotatable bonds is 5. The van der Waals surface area contributed by atoms with Gasteiger partial charge in [-0.25, -0.2) is 4.79 Å². The predicted molar refractivity (Wildman–Crippen MR) is 75.2 cm³/mol. The second-order valence-electron chi connectivity index (χ2n) is 5.09. The van der Waals surface area contributed by atoms with E-state index >= 15 is 0 Å². The van der Waals surface area contributed by atoms with Gasteiger partial charge >= 0.3 is 5.97 Å². The minimum atomic E-state index is -0.976. The molecule has 2 unspecified atom stereocenters. The van der Waals surface area contributed by atoms with Gasteiger partial charge in [0.25, 0.3) is 0 Å². The highest BCUT2D eigenvalue weighted by Crippen LogP contribution is 2.16. The zero-order chi connectivity index (χ0) is 14.5. The van der Waals surface area contributed by atoms with Gasteiger partial charge in [0, 0.05) is 6.54 Å². The molecule has 0 radical (unpaired) electrons. The molecule has 0 fully saturated rings. The summed E-state index contributed by atoms with van der Waals surface area (Å²) in [7, 11) is 0. The molecule has 1 aromatic carbocycles. The number of carboxylic acids is 1. The van der Waals surface area contributed by atoms with Gasteiger partial charge in [-0.2, -0.15) is 0 Å². The quantitative estimate of drug-likeness (QED) is 0.751. The van der Waals surface area contributed by atoms with Gasteiger partial charge in [-0.15, -0.1) is 0 Å². The average molecular weight is 276 g/mol. The van der Waals surface area contributed by atoms with Crippen molar-refractivity contribution in [2.75, 3.05) is 0 Å². The number of benzene rings is 1. The molecule has 1 aliphatic heterocycles. The number of hydrogen-bond donors (Lipinski definition) is 3. The van der Waals surface area contributed by atoms with Crippen LogP contribution in [0.3, 0.4) is 0 Å². The van der Waals surface area contributed by atoms with Crippen LogP contribution in [0, 0.1) is 0 Å². The van der Waals surface area contributed by atoms with Crippen LogP contribution in [-0.2, 0) is 22.6 Å². The molecule has 1 amide bonds. The highest BCUT2D eigenvalue weighted by atomic mass is 16.4. The first-order valence-electron chi connectivity index (χ1n) is 6.95. The van der Waals surface area contributed by atoms with E-state index < -0.39 is 12.0 Å². The van der Waals surface area contributed by atoms with Crippen molar-refractivity contribution in [1.82, 2.24) is 10.6 Å². The summed E-state index contributed by atoms with van der Waals surface area (Å²) in [6, 6.07) is 6.82. The molecule has 3 N–H and O–H groups in total. The van der Waals surface area contributed by atoms with E-state index in [1.165, 1.54) is 5.56 Å². The van der Waals surface area contributed by atoms with Crippen LogP contribution >= 0.6 is 0 Å². The van der Waals surface area contributed by atoms with E-state index in [-0.39, 0.29) is 11.9 Å². The Bertz CT molecular complexity index is 502. The predicted octanol–water partition coefficient (Wildman–Crippen LogP) is 1.07. The molecule has 1 aromatic rings. The summed E-state index contributed by atoms with van der Waals surface area (Å²) in [5.41, 5.74) is 2.34. The summed E-state index contributed by atoms with van der Waals surface area (Å²) in [5, 5.41) is 14.8. The molecule has 20 heavy (non-hydrogen) atoms. The van der Waals surface area contributed by atoms with Crippen LogP contribution in [0.15, 0.2) is 24.3 Å². The number of fused-ring (bicyclic) bond motifs is 1. The lowest BCUT2D eigenvalue weighted by molar-refractivity contribution is -0.142. The number of carboxylic acid groups (broad SMARTS) is 1. The van der Waals surface area contributed by atoms with Gasteiger partial charge in [-0.05, 0) is 24.0 Å². The van der Waals surface area contributed by atoms with E-state index in [2.05, 4.69) is 10.6 Å². The Morgan fingerprint density at radius 3 is 2.75 bits per heavy atom. The fourth-order valence-corrected chi connectivity index (χ4v) is 2.46. The van der Waals surface area contributed by atoms with Gasteiger partial charge < -0.3 is 15.7 Å². The highest BCUT2D eigenvalue weighted by Gasteiger charge is 2.27. The van der Waals surface area contributed by atoms with Crippen LogP contribution in [-0.4, -0.2) is 29.1 Å². The van der Waals surface area contributed by atoms with Crippen molar-refractivity contribution in [3.05, 3.63) is 35.4 Å². The standard InChI is InChI=1S/C15H20N2O3/c1-2-5-12(15(19)20)17-14(18)13-8-10-6-3-4-7-11(10)9-16-13/h3-4,6-7,12-13,16H,2,5,8-9H2,1H3,(H,17,18)(H,19,20). The van der Waals surface area contributed by atoms with Crippen molar-refractivity contribution < 1.29 is 14.7 Å². The molecule has 2 atom stereocenters. The largest absolute Gasteiger partial charge is 0.480 e. The highest BCUT2D eigenvalue weighted by molar-refractivity contribution is 5.87. The summed E-state index contributed by atoms with van der Waals surface area (Å²) >= 11 is 0. The lowest BCUT2D eigenvalue weighted by Gasteiger charge is -2.26. The topological polar surface area (TPSA) is 78.4 Å². The first-order chi connectivity index (χ1) is 9.61. The zero-order valence-electron chi connectivity index (χ0n) is 11.6. The third-order valence-corrected chi connectivity index (χ3v) is 3.59. The molecule has 0 aromatic heterocycles. The number of hydrogen-bond acceptors (Lipinski definition) is 3. The smallest absolute Gasteiger partial charge is 0.326 e. The minimum absolute atomic E-state index is 0.236. The van der Waals surface area contributed by atoms with Crippen LogP contribution in [0.25, 0.3) is 0 Å². The summed E-state index contributed by atoms with van der Waals surface area (Å²) in [6.07, 6.45) is 1.77. The lowest BCUT2D eigenvalue weighted by atomic mass is 9.95. The van der Waals surface area contributed by atoms with Crippen LogP contribution < -0.4 is 10.6 Å². The number of nitrogens with one attached hydrogen (secondary N) is 2. The second kappa shape index (κ2) is 6.52. The normalized spacial score (nSPS) is 18.9. The van der Waals surface area contributed by atoms with Gasteiger partial charge in [0.15, 0.2) is 0 Å². The molecule has 1 heterocycles. The van der Waals surface area contributed by atoms with Crippen LogP contribution in [0.5, 0.6) is 0 Å². The van der Waals surface area contributed by atoms with Gasteiger partial charge in [0.1, 0.15) is 6.04 Å². The number of amides is 1. The van der Waals surface area contributed by atoms with Gasteiger partial charge in [0.2, 0.25) is 5.91 Å². The van der Waals surface area contributed by atoms with Crippen LogP contribution in [0.4, 0.5) is 0 Å². The molecule has 1 aliphatic rings. The van der Waals surface area contributed by atoms with E-state index in [9.17, 15) is 9.59 Å². The maximum absolute atomic E-state index is 12.2. The Balaban J connectivity index is 1.99. The summed E-state index contributed by atoms with van der Waals surface area (Å²) in [6.45, 7) is 2.54. The molecule has 2 rings (SSSR count). The van der Waals surface area contributed by atoms with E-state index in [0.717, 1.165) is 12.0 Å². The Hall–Kier alpha value is -1.88. The third kappa shape index (κ3) is 3.36. The van der Waals surface area contributed by atoms with E-state index in [1.807, 2.05) is 31.2 Å². The summed E-state index contributed by atoms with van der Waals surface area (Å²) in [4.78, 5) is 23.2. The Morgan fingerprint density at radius 1 is 1.40 bits per heavy atom. The fourth-order valence-electron chi connectivity index (χ4n) is 2.46.